The van der Waals surface area contributed by atoms with Crippen LogP contribution in [0.2, 0.25) is 0 Å². The number of aromatic nitrogens is 2. The van der Waals surface area contributed by atoms with Crippen molar-refractivity contribution in [2.75, 3.05) is 31.7 Å². The molecule has 0 unspecified atom stereocenters. The summed E-state index contributed by atoms with van der Waals surface area (Å²) in [7, 11) is 3.15. The van der Waals surface area contributed by atoms with Gasteiger partial charge >= 0.3 is 0 Å². The van der Waals surface area contributed by atoms with E-state index in [0.717, 1.165) is 11.3 Å². The summed E-state index contributed by atoms with van der Waals surface area (Å²) in [6.45, 7) is 4.16. The number of carbonyl (C=O) groups excluding carboxylic acids is 2. The van der Waals surface area contributed by atoms with Gasteiger partial charge < -0.3 is 15.5 Å². The summed E-state index contributed by atoms with van der Waals surface area (Å²) in [6.07, 6.45) is 0. The van der Waals surface area contributed by atoms with E-state index >= 15 is 0 Å². The molecular weight excluding hydrogens is 358 g/mol. The van der Waals surface area contributed by atoms with Crippen LogP contribution in [0.4, 0.5) is 10.8 Å². The number of rotatable bonds is 7. The van der Waals surface area contributed by atoms with Gasteiger partial charge in [-0.15, -0.1) is 10.2 Å². The van der Waals surface area contributed by atoms with Gasteiger partial charge in [0, 0.05) is 19.8 Å². The lowest BCUT2D eigenvalue weighted by Crippen LogP contribution is -2.37. The van der Waals surface area contributed by atoms with Gasteiger partial charge in [-0.3, -0.25) is 9.59 Å². The maximum Gasteiger partial charge on any atom is 0.239 e. The van der Waals surface area contributed by atoms with Crippen molar-refractivity contribution in [1.82, 2.24) is 20.4 Å². The number of nitrogens with one attached hydrogen (secondary N) is 2. The summed E-state index contributed by atoms with van der Waals surface area (Å²) in [4.78, 5) is 24.7. The molecule has 0 saturated heterocycles. The molecule has 0 aliphatic carbocycles. The fourth-order valence-corrected chi connectivity index (χ4v) is 3.64. The van der Waals surface area contributed by atoms with Crippen LogP contribution in [-0.4, -0.2) is 53.3 Å². The normalized spacial score (nSPS) is 10.4. The van der Waals surface area contributed by atoms with Crippen molar-refractivity contribution in [1.29, 1.82) is 0 Å². The third kappa shape index (κ3) is 5.43. The second kappa shape index (κ2) is 8.82. The van der Waals surface area contributed by atoms with Crippen LogP contribution in [0.3, 0.4) is 0 Å². The van der Waals surface area contributed by atoms with Gasteiger partial charge in [-0.1, -0.05) is 35.2 Å². The lowest BCUT2D eigenvalue weighted by molar-refractivity contribution is -0.132. The number of carbonyl (C=O) groups is 2. The van der Waals surface area contributed by atoms with Crippen LogP contribution >= 0.6 is 23.1 Å². The first-order valence-corrected chi connectivity index (χ1v) is 9.45. The first-order valence-electron chi connectivity index (χ1n) is 7.64. The van der Waals surface area contributed by atoms with Gasteiger partial charge in [-0.05, 0) is 31.0 Å². The van der Waals surface area contributed by atoms with Crippen molar-refractivity contribution in [3.05, 3.63) is 29.3 Å². The average molecular weight is 380 g/mol. The molecular formula is C16H21N5O2S2. The van der Waals surface area contributed by atoms with Gasteiger partial charge in [0.1, 0.15) is 0 Å². The van der Waals surface area contributed by atoms with Gasteiger partial charge in [-0.25, -0.2) is 0 Å². The molecule has 0 spiro atoms. The molecule has 1 heterocycles. The highest BCUT2D eigenvalue weighted by molar-refractivity contribution is 8.01. The van der Waals surface area contributed by atoms with E-state index in [4.69, 9.17) is 0 Å². The van der Waals surface area contributed by atoms with E-state index < -0.39 is 0 Å². The Morgan fingerprint density at radius 2 is 2.04 bits per heavy atom. The molecule has 134 valence electrons. The fraction of sp³-hybridized carbons (Fsp3) is 0.375. The number of hydrogen-bond acceptors (Lipinski definition) is 7. The Labute approximate surface area is 155 Å². The fourth-order valence-electron chi connectivity index (χ4n) is 1.94. The molecule has 2 rings (SSSR count). The zero-order valence-corrected chi connectivity index (χ0v) is 16.3. The Hall–Kier alpha value is -2.13. The van der Waals surface area contributed by atoms with Crippen molar-refractivity contribution in [2.45, 2.75) is 18.2 Å². The quantitative estimate of drug-likeness (QED) is 0.717. The summed E-state index contributed by atoms with van der Waals surface area (Å²) in [5.74, 6) is -0.115. The van der Waals surface area contributed by atoms with Gasteiger partial charge in [0.05, 0.1) is 12.3 Å². The first kappa shape index (κ1) is 19.2. The summed E-state index contributed by atoms with van der Waals surface area (Å²) in [5, 5.41) is 14.6. The summed E-state index contributed by atoms with van der Waals surface area (Å²) in [6, 6.07) is 6.04. The maximum atomic E-state index is 12.0. The standard InChI is InChI=1S/C16H21N5O2S2/c1-10-6-5-7-12(11(10)2)18-15-19-20-16(25-15)24-9-14(23)21(4)8-13(22)17-3/h5-7H,8-9H2,1-4H3,(H,17,22)(H,18,19). The minimum atomic E-state index is -0.197. The molecule has 25 heavy (non-hydrogen) atoms. The Kier molecular flexibility index (Phi) is 6.77. The molecule has 0 fully saturated rings. The molecule has 0 aliphatic heterocycles. The van der Waals surface area contributed by atoms with E-state index in [9.17, 15) is 9.59 Å². The van der Waals surface area contributed by atoms with Gasteiger partial charge in [0.15, 0.2) is 4.34 Å². The van der Waals surface area contributed by atoms with Crippen molar-refractivity contribution in [3.8, 4) is 0 Å². The highest BCUT2D eigenvalue weighted by Crippen LogP contribution is 2.29. The number of aryl methyl sites for hydroxylation is 1. The zero-order valence-electron chi connectivity index (χ0n) is 14.6. The summed E-state index contributed by atoms with van der Waals surface area (Å²) in [5.41, 5.74) is 3.36. The van der Waals surface area contributed by atoms with Crippen molar-refractivity contribution in [2.24, 2.45) is 0 Å². The molecule has 0 radical (unpaired) electrons. The number of nitrogens with zero attached hydrogens (tertiary/aromatic N) is 3. The molecule has 2 amide bonds. The zero-order chi connectivity index (χ0) is 18.4. The largest absolute Gasteiger partial charge is 0.358 e. The van der Waals surface area contributed by atoms with E-state index in [0.29, 0.717) is 9.47 Å². The first-order chi connectivity index (χ1) is 11.9. The second-order valence-electron chi connectivity index (χ2n) is 5.46. The SMILES string of the molecule is CNC(=O)CN(C)C(=O)CSc1nnc(Nc2cccc(C)c2C)s1. The topological polar surface area (TPSA) is 87.2 Å². The third-order valence-corrected chi connectivity index (χ3v) is 5.61. The van der Waals surface area contributed by atoms with Crippen LogP contribution in [0.5, 0.6) is 0 Å². The summed E-state index contributed by atoms with van der Waals surface area (Å²) >= 11 is 2.71. The van der Waals surface area contributed by atoms with Crippen molar-refractivity contribution < 1.29 is 9.59 Å². The highest BCUT2D eigenvalue weighted by atomic mass is 32.2. The average Bonchev–Trinajstić information content (AvgIpc) is 3.04. The molecule has 0 saturated carbocycles. The number of amides is 2. The van der Waals surface area contributed by atoms with E-state index in [2.05, 4.69) is 40.7 Å². The van der Waals surface area contributed by atoms with Crippen LogP contribution in [0, 0.1) is 13.8 Å². The lowest BCUT2D eigenvalue weighted by Gasteiger charge is -2.15. The molecule has 1 aromatic heterocycles. The maximum absolute atomic E-state index is 12.0. The lowest BCUT2D eigenvalue weighted by atomic mass is 10.1. The molecule has 0 atom stereocenters. The monoisotopic (exact) mass is 379 g/mol. The highest BCUT2D eigenvalue weighted by Gasteiger charge is 2.14. The number of hydrogen-bond donors (Lipinski definition) is 2. The Balaban J connectivity index is 1.90. The third-order valence-electron chi connectivity index (χ3n) is 3.66. The molecule has 2 aromatic rings. The van der Waals surface area contributed by atoms with E-state index in [1.165, 1.54) is 33.6 Å². The molecule has 0 aliphatic rings. The Morgan fingerprint density at radius 1 is 1.28 bits per heavy atom. The van der Waals surface area contributed by atoms with Crippen molar-refractivity contribution in [3.63, 3.8) is 0 Å². The van der Waals surface area contributed by atoms with Gasteiger partial charge in [-0.2, -0.15) is 0 Å². The number of likely N-dealkylation sites (N-methyl/N-ethyl adjacent to an activating group) is 2. The predicted octanol–water partition coefficient (Wildman–Crippen LogP) is 2.20. The molecule has 0 bridgehead atoms. The molecule has 2 N–H and O–H groups in total. The van der Waals surface area contributed by atoms with Crippen molar-refractivity contribution >= 4 is 45.7 Å². The van der Waals surface area contributed by atoms with E-state index in [1.807, 2.05) is 12.1 Å². The van der Waals surface area contributed by atoms with E-state index in [1.54, 1.807) is 14.1 Å². The number of anilines is 2. The number of thioether (sulfide) groups is 1. The smallest absolute Gasteiger partial charge is 0.239 e. The van der Waals surface area contributed by atoms with Crippen LogP contribution in [-0.2, 0) is 9.59 Å². The van der Waals surface area contributed by atoms with Crippen LogP contribution in [0.15, 0.2) is 22.5 Å². The van der Waals surface area contributed by atoms with Gasteiger partial charge in [0.2, 0.25) is 16.9 Å². The predicted molar refractivity (Wildman–Crippen MR) is 102 cm³/mol. The Bertz CT molecular complexity index is 763. The Morgan fingerprint density at radius 3 is 2.76 bits per heavy atom. The van der Waals surface area contributed by atoms with Crippen LogP contribution < -0.4 is 10.6 Å². The second-order valence-corrected chi connectivity index (χ2v) is 7.66. The van der Waals surface area contributed by atoms with Gasteiger partial charge in [0.25, 0.3) is 0 Å². The van der Waals surface area contributed by atoms with Crippen LogP contribution in [0.1, 0.15) is 11.1 Å². The summed E-state index contributed by atoms with van der Waals surface area (Å²) < 4.78 is 0.703. The number of benzene rings is 1. The molecule has 9 heteroatoms. The molecule has 7 nitrogen and oxygen atoms in total. The molecule has 1 aromatic carbocycles. The minimum Gasteiger partial charge on any atom is -0.358 e. The van der Waals surface area contributed by atoms with Crippen LogP contribution in [0.25, 0.3) is 0 Å². The minimum absolute atomic E-state index is 0.0471. The van der Waals surface area contributed by atoms with E-state index in [-0.39, 0.29) is 24.1 Å².